The Kier molecular flexibility index (Phi) is 2.72. The molecule has 2 aliphatic rings. The molecule has 0 amide bonds. The van der Waals surface area contributed by atoms with Crippen LogP contribution >= 0.6 is 0 Å². The molecule has 0 unspecified atom stereocenters. The molecule has 0 aromatic rings. The van der Waals surface area contributed by atoms with Gasteiger partial charge in [-0.15, -0.1) is 0 Å². The zero-order valence-corrected chi connectivity index (χ0v) is 9.97. The molecule has 0 aromatic carbocycles. The lowest BCUT2D eigenvalue weighted by Gasteiger charge is -2.47. The van der Waals surface area contributed by atoms with Crippen LogP contribution in [0, 0.1) is 17.3 Å². The Morgan fingerprint density at radius 2 is 2.21 bits per heavy atom. The summed E-state index contributed by atoms with van der Waals surface area (Å²) in [6.45, 7) is 7.34. The van der Waals surface area contributed by atoms with Crippen molar-refractivity contribution in [1.29, 1.82) is 0 Å². The van der Waals surface area contributed by atoms with E-state index >= 15 is 0 Å². The summed E-state index contributed by atoms with van der Waals surface area (Å²) < 4.78 is 0. The van der Waals surface area contributed by atoms with Crippen LogP contribution in [0.1, 0.15) is 59.3 Å². The van der Waals surface area contributed by atoms with Gasteiger partial charge in [-0.2, -0.15) is 0 Å². The van der Waals surface area contributed by atoms with Gasteiger partial charge in [0, 0.05) is 0 Å². The first kappa shape index (κ1) is 10.3. The third-order valence-corrected chi connectivity index (χ3v) is 4.92. The average Bonchev–Trinajstić information content (AvgIpc) is 2.19. The van der Waals surface area contributed by atoms with Gasteiger partial charge in [0.2, 0.25) is 0 Å². The maximum Gasteiger partial charge on any atom is -0.00880 e. The summed E-state index contributed by atoms with van der Waals surface area (Å²) >= 11 is 0. The summed E-state index contributed by atoms with van der Waals surface area (Å²) in [6, 6.07) is 0. The van der Waals surface area contributed by atoms with Gasteiger partial charge >= 0.3 is 0 Å². The molecule has 0 aromatic heterocycles. The second-order valence-electron chi connectivity index (χ2n) is 5.64. The lowest BCUT2D eigenvalue weighted by molar-refractivity contribution is 0.136. The molecule has 0 aliphatic heterocycles. The highest BCUT2D eigenvalue weighted by Crippen LogP contribution is 2.52. The molecule has 1 saturated carbocycles. The van der Waals surface area contributed by atoms with Crippen molar-refractivity contribution in [2.75, 3.05) is 0 Å². The van der Waals surface area contributed by atoms with Crippen molar-refractivity contribution >= 4 is 0 Å². The maximum atomic E-state index is 2.55. The van der Waals surface area contributed by atoms with Crippen molar-refractivity contribution < 1.29 is 0 Å². The molecule has 2 aliphatic carbocycles. The molecule has 0 saturated heterocycles. The Labute approximate surface area is 88.8 Å². The van der Waals surface area contributed by atoms with Crippen LogP contribution in [0.15, 0.2) is 11.6 Å². The molecule has 0 heterocycles. The molecule has 0 bridgehead atoms. The van der Waals surface area contributed by atoms with Crippen molar-refractivity contribution in [3.05, 3.63) is 11.6 Å². The first-order valence-corrected chi connectivity index (χ1v) is 6.36. The topological polar surface area (TPSA) is 0 Å². The smallest absolute Gasteiger partial charge is 0.00880 e. The van der Waals surface area contributed by atoms with Crippen LogP contribution in [0.25, 0.3) is 0 Å². The molecule has 3 atom stereocenters. The van der Waals surface area contributed by atoms with E-state index in [0.29, 0.717) is 5.41 Å². The first-order chi connectivity index (χ1) is 6.66. The fourth-order valence-electron chi connectivity index (χ4n) is 3.51. The molecule has 14 heavy (non-hydrogen) atoms. The fraction of sp³-hybridized carbons (Fsp3) is 0.857. The van der Waals surface area contributed by atoms with Crippen molar-refractivity contribution in [3.8, 4) is 0 Å². The van der Waals surface area contributed by atoms with Crippen LogP contribution in [-0.4, -0.2) is 0 Å². The van der Waals surface area contributed by atoms with E-state index in [2.05, 4.69) is 26.8 Å². The van der Waals surface area contributed by atoms with E-state index in [0.717, 1.165) is 11.8 Å². The van der Waals surface area contributed by atoms with E-state index in [-0.39, 0.29) is 0 Å². The van der Waals surface area contributed by atoms with Crippen LogP contribution < -0.4 is 0 Å². The van der Waals surface area contributed by atoms with Crippen molar-refractivity contribution in [2.24, 2.45) is 17.3 Å². The third-order valence-electron chi connectivity index (χ3n) is 4.92. The number of hydrogen-bond acceptors (Lipinski definition) is 0. The second-order valence-corrected chi connectivity index (χ2v) is 5.64. The molecule has 0 spiro atoms. The van der Waals surface area contributed by atoms with Gasteiger partial charge in [0.05, 0.1) is 0 Å². The van der Waals surface area contributed by atoms with Gasteiger partial charge in [-0.1, -0.05) is 38.8 Å². The minimum absolute atomic E-state index is 0.567. The number of fused-ring (bicyclic) bond motifs is 1. The zero-order valence-electron chi connectivity index (χ0n) is 9.97. The Hall–Kier alpha value is -0.260. The Bertz CT molecular complexity index is 238. The van der Waals surface area contributed by atoms with E-state index in [1.165, 1.54) is 38.5 Å². The Morgan fingerprint density at radius 3 is 2.93 bits per heavy atom. The highest BCUT2D eigenvalue weighted by molar-refractivity contribution is 5.20. The molecule has 2 rings (SSSR count). The standard InChI is InChI=1S/C14H24/c1-4-12-8-9-13-7-5-6-11(2)14(13,3)10-12/h7,11-12H,4-6,8-10H2,1-3H3/t11-,12-,14+/m1/s1. The van der Waals surface area contributed by atoms with Gasteiger partial charge < -0.3 is 0 Å². The zero-order chi connectivity index (χ0) is 10.2. The Balaban J connectivity index is 2.21. The van der Waals surface area contributed by atoms with Crippen molar-refractivity contribution in [1.82, 2.24) is 0 Å². The van der Waals surface area contributed by atoms with E-state index < -0.39 is 0 Å². The first-order valence-electron chi connectivity index (χ1n) is 6.36. The summed E-state index contributed by atoms with van der Waals surface area (Å²) in [7, 11) is 0. The van der Waals surface area contributed by atoms with Gasteiger partial charge in [-0.05, 0) is 49.4 Å². The molecule has 0 radical (unpaired) electrons. The lowest BCUT2D eigenvalue weighted by Crippen LogP contribution is -2.36. The minimum Gasteiger partial charge on any atom is -0.0848 e. The normalized spacial score (nSPS) is 42.9. The summed E-state index contributed by atoms with van der Waals surface area (Å²) in [5.74, 6) is 1.91. The van der Waals surface area contributed by atoms with Crippen LogP contribution in [0.3, 0.4) is 0 Å². The Morgan fingerprint density at radius 1 is 1.43 bits per heavy atom. The quantitative estimate of drug-likeness (QED) is 0.534. The van der Waals surface area contributed by atoms with Crippen molar-refractivity contribution in [3.63, 3.8) is 0 Å². The van der Waals surface area contributed by atoms with Gasteiger partial charge in [-0.25, -0.2) is 0 Å². The number of rotatable bonds is 1. The van der Waals surface area contributed by atoms with Gasteiger partial charge in [0.25, 0.3) is 0 Å². The second kappa shape index (κ2) is 3.72. The molecular formula is C14H24. The molecule has 0 N–H and O–H groups in total. The molecule has 1 fully saturated rings. The highest BCUT2D eigenvalue weighted by atomic mass is 14.5. The number of allylic oxidation sites excluding steroid dienone is 2. The van der Waals surface area contributed by atoms with E-state index in [1.54, 1.807) is 5.57 Å². The lowest BCUT2D eigenvalue weighted by atomic mass is 9.58. The average molecular weight is 192 g/mol. The predicted molar refractivity (Wildman–Crippen MR) is 62.2 cm³/mol. The number of hydrogen-bond donors (Lipinski definition) is 0. The molecule has 80 valence electrons. The van der Waals surface area contributed by atoms with Gasteiger partial charge in [0.15, 0.2) is 0 Å². The van der Waals surface area contributed by atoms with Crippen LogP contribution in [0.4, 0.5) is 0 Å². The highest BCUT2D eigenvalue weighted by Gasteiger charge is 2.40. The summed E-state index contributed by atoms with van der Waals surface area (Å²) in [4.78, 5) is 0. The van der Waals surface area contributed by atoms with Crippen LogP contribution in [0.2, 0.25) is 0 Å². The summed E-state index contributed by atoms with van der Waals surface area (Å²) in [5.41, 5.74) is 2.36. The molecule has 0 heteroatoms. The maximum absolute atomic E-state index is 2.55. The third kappa shape index (κ3) is 1.53. The van der Waals surface area contributed by atoms with E-state index in [4.69, 9.17) is 0 Å². The molecular weight excluding hydrogens is 168 g/mol. The van der Waals surface area contributed by atoms with Crippen LogP contribution in [0.5, 0.6) is 0 Å². The SMILES string of the molecule is CC[C@@H]1CCC2=CCC[C@@H](C)[C@]2(C)C1. The van der Waals surface area contributed by atoms with Gasteiger partial charge in [0.1, 0.15) is 0 Å². The van der Waals surface area contributed by atoms with E-state index in [1.807, 2.05) is 0 Å². The van der Waals surface area contributed by atoms with E-state index in [9.17, 15) is 0 Å². The predicted octanol–water partition coefficient (Wildman–Crippen LogP) is 4.56. The minimum atomic E-state index is 0.567. The largest absolute Gasteiger partial charge is 0.0848 e. The molecule has 0 nitrogen and oxygen atoms in total. The fourth-order valence-corrected chi connectivity index (χ4v) is 3.51. The summed E-state index contributed by atoms with van der Waals surface area (Å²) in [6.07, 6.45) is 11.0. The van der Waals surface area contributed by atoms with Crippen LogP contribution in [-0.2, 0) is 0 Å². The van der Waals surface area contributed by atoms with Crippen molar-refractivity contribution in [2.45, 2.75) is 59.3 Å². The van der Waals surface area contributed by atoms with Gasteiger partial charge in [-0.3, -0.25) is 0 Å². The summed E-state index contributed by atoms with van der Waals surface area (Å²) in [5, 5.41) is 0. The monoisotopic (exact) mass is 192 g/mol.